The number of imidazole rings is 1. The molecule has 0 aliphatic rings. The third-order valence-corrected chi connectivity index (χ3v) is 3.32. The van der Waals surface area contributed by atoms with Gasteiger partial charge in [0.2, 0.25) is 5.28 Å². The van der Waals surface area contributed by atoms with Crippen molar-refractivity contribution in [1.82, 2.24) is 19.5 Å². The summed E-state index contributed by atoms with van der Waals surface area (Å²) in [5, 5.41) is 12.2. The van der Waals surface area contributed by atoms with Gasteiger partial charge < -0.3 is 15.0 Å². The fourth-order valence-corrected chi connectivity index (χ4v) is 2.27. The Labute approximate surface area is 130 Å². The molecule has 0 spiro atoms. The van der Waals surface area contributed by atoms with Gasteiger partial charge in [-0.2, -0.15) is 9.97 Å². The summed E-state index contributed by atoms with van der Waals surface area (Å²) in [6, 6.07) is 6.42. The lowest BCUT2D eigenvalue weighted by atomic mass is 10.2. The third kappa shape index (κ3) is 2.58. The van der Waals surface area contributed by atoms with E-state index in [4.69, 9.17) is 16.7 Å². The largest absolute Gasteiger partial charge is 0.478 e. The number of nitrogens with one attached hydrogen (secondary N) is 1. The lowest BCUT2D eigenvalue weighted by Gasteiger charge is -2.07. The van der Waals surface area contributed by atoms with Crippen molar-refractivity contribution >= 4 is 40.2 Å². The topological polar surface area (TPSA) is 92.9 Å². The summed E-state index contributed by atoms with van der Waals surface area (Å²) in [6.07, 6.45) is 1.66. The van der Waals surface area contributed by atoms with Gasteiger partial charge in [-0.3, -0.25) is 0 Å². The predicted octanol–water partition coefficient (Wildman–Crippen LogP) is 2.94. The molecular weight excluding hydrogens is 306 g/mol. The normalized spacial score (nSPS) is 10.8. The number of aromatic nitrogens is 4. The van der Waals surface area contributed by atoms with Crippen LogP contribution in [0.1, 0.15) is 17.3 Å². The number of fused-ring (bicyclic) bond motifs is 1. The first kappa shape index (κ1) is 14.3. The molecule has 1 aromatic carbocycles. The molecule has 0 aliphatic heterocycles. The number of benzene rings is 1. The number of anilines is 2. The molecule has 112 valence electrons. The minimum Gasteiger partial charge on any atom is -0.478 e. The van der Waals surface area contributed by atoms with Gasteiger partial charge >= 0.3 is 5.97 Å². The number of hydrogen-bond donors (Lipinski definition) is 2. The maximum atomic E-state index is 11.0. The van der Waals surface area contributed by atoms with Gasteiger partial charge in [-0.05, 0) is 36.7 Å². The van der Waals surface area contributed by atoms with E-state index in [-0.39, 0.29) is 10.8 Å². The van der Waals surface area contributed by atoms with Crippen molar-refractivity contribution in [2.75, 3.05) is 5.32 Å². The fourth-order valence-electron chi connectivity index (χ4n) is 2.10. The predicted molar refractivity (Wildman–Crippen MR) is 82.7 cm³/mol. The van der Waals surface area contributed by atoms with Crippen LogP contribution in [0.25, 0.3) is 11.2 Å². The first-order chi connectivity index (χ1) is 10.6. The smallest absolute Gasteiger partial charge is 0.335 e. The van der Waals surface area contributed by atoms with Gasteiger partial charge in [0.05, 0.1) is 11.9 Å². The Morgan fingerprint density at radius 1 is 1.41 bits per heavy atom. The highest BCUT2D eigenvalue weighted by Crippen LogP contribution is 2.24. The van der Waals surface area contributed by atoms with Gasteiger partial charge in [-0.15, -0.1) is 0 Å². The van der Waals surface area contributed by atoms with Crippen LogP contribution in [0, 0.1) is 0 Å². The lowest BCUT2D eigenvalue weighted by Crippen LogP contribution is -2.01. The van der Waals surface area contributed by atoms with Gasteiger partial charge in [-0.1, -0.05) is 6.07 Å². The fraction of sp³-hybridized carbons (Fsp3) is 0.143. The van der Waals surface area contributed by atoms with Crippen LogP contribution in [0.15, 0.2) is 30.6 Å². The Hall–Kier alpha value is -2.67. The molecule has 8 heteroatoms. The summed E-state index contributed by atoms with van der Waals surface area (Å²) < 4.78 is 1.85. The van der Waals surface area contributed by atoms with Crippen molar-refractivity contribution in [2.45, 2.75) is 13.5 Å². The number of carboxylic acids is 1. The summed E-state index contributed by atoms with van der Waals surface area (Å²) in [5.74, 6) is -0.561. The second kappa shape index (κ2) is 5.61. The van der Waals surface area contributed by atoms with Crippen molar-refractivity contribution in [3.63, 3.8) is 0 Å². The molecular formula is C14H12ClN5O2. The average molecular weight is 318 g/mol. The van der Waals surface area contributed by atoms with Crippen LogP contribution in [-0.4, -0.2) is 30.6 Å². The van der Waals surface area contributed by atoms with Crippen LogP contribution >= 0.6 is 11.6 Å². The van der Waals surface area contributed by atoms with Crippen molar-refractivity contribution in [2.24, 2.45) is 0 Å². The minimum atomic E-state index is -0.996. The van der Waals surface area contributed by atoms with Gasteiger partial charge in [0.15, 0.2) is 17.0 Å². The molecule has 22 heavy (non-hydrogen) atoms. The van der Waals surface area contributed by atoms with E-state index in [0.29, 0.717) is 29.2 Å². The molecule has 3 aromatic rings. The standard InChI is InChI=1S/C14H12ClN5O2/c1-2-20-7-16-10-11(18-14(15)19-12(10)20)17-9-5-3-4-8(6-9)13(21)22/h3-7H,2H2,1H3,(H,21,22)(H,17,18,19). The SMILES string of the molecule is CCn1cnc2c(Nc3cccc(C(=O)O)c3)nc(Cl)nc21. The molecule has 0 radical (unpaired) electrons. The second-order valence-corrected chi connectivity index (χ2v) is 4.89. The molecule has 2 heterocycles. The number of carboxylic acid groups (broad SMARTS) is 1. The summed E-state index contributed by atoms with van der Waals surface area (Å²) >= 11 is 5.96. The highest BCUT2D eigenvalue weighted by atomic mass is 35.5. The van der Waals surface area contributed by atoms with E-state index in [0.717, 1.165) is 0 Å². The summed E-state index contributed by atoms with van der Waals surface area (Å²) in [5.41, 5.74) is 1.97. The highest BCUT2D eigenvalue weighted by Gasteiger charge is 2.13. The number of hydrogen-bond acceptors (Lipinski definition) is 5. The first-order valence-corrected chi connectivity index (χ1v) is 6.95. The molecule has 2 N–H and O–H groups in total. The van der Waals surface area contributed by atoms with Crippen LogP contribution in [-0.2, 0) is 6.54 Å². The number of rotatable bonds is 4. The number of nitrogens with zero attached hydrogens (tertiary/aromatic N) is 4. The molecule has 0 amide bonds. The summed E-state index contributed by atoms with van der Waals surface area (Å²) in [6.45, 7) is 2.68. The Kier molecular flexibility index (Phi) is 3.64. The van der Waals surface area contributed by atoms with E-state index in [1.165, 1.54) is 12.1 Å². The molecule has 0 atom stereocenters. The first-order valence-electron chi connectivity index (χ1n) is 6.57. The zero-order valence-corrected chi connectivity index (χ0v) is 12.4. The van der Waals surface area contributed by atoms with Crippen LogP contribution in [0.3, 0.4) is 0 Å². The van der Waals surface area contributed by atoms with Crippen molar-refractivity contribution in [3.05, 3.63) is 41.4 Å². The lowest BCUT2D eigenvalue weighted by molar-refractivity contribution is 0.0697. The zero-order valence-electron chi connectivity index (χ0n) is 11.6. The third-order valence-electron chi connectivity index (χ3n) is 3.15. The van der Waals surface area contributed by atoms with Gasteiger partial charge in [-0.25, -0.2) is 9.78 Å². The molecule has 2 aromatic heterocycles. The van der Waals surface area contributed by atoms with Crippen LogP contribution in [0.2, 0.25) is 5.28 Å². The van der Waals surface area contributed by atoms with E-state index in [9.17, 15) is 4.79 Å². The van der Waals surface area contributed by atoms with Crippen LogP contribution < -0.4 is 5.32 Å². The van der Waals surface area contributed by atoms with Crippen molar-refractivity contribution in [1.29, 1.82) is 0 Å². The summed E-state index contributed by atoms with van der Waals surface area (Å²) in [4.78, 5) is 23.6. The van der Waals surface area contributed by atoms with E-state index in [1.54, 1.807) is 18.5 Å². The molecule has 3 rings (SSSR count). The van der Waals surface area contributed by atoms with E-state index < -0.39 is 5.97 Å². The minimum absolute atomic E-state index is 0.0968. The monoisotopic (exact) mass is 317 g/mol. The van der Waals surface area contributed by atoms with Gasteiger partial charge in [0.1, 0.15) is 0 Å². The van der Waals surface area contributed by atoms with Gasteiger partial charge in [0.25, 0.3) is 0 Å². The van der Waals surface area contributed by atoms with E-state index in [2.05, 4.69) is 20.3 Å². The molecule has 0 fully saturated rings. The Morgan fingerprint density at radius 3 is 2.95 bits per heavy atom. The second-order valence-electron chi connectivity index (χ2n) is 4.55. The van der Waals surface area contributed by atoms with E-state index >= 15 is 0 Å². The van der Waals surface area contributed by atoms with Crippen LogP contribution in [0.5, 0.6) is 0 Å². The molecule has 0 saturated carbocycles. The Balaban J connectivity index is 2.05. The number of halogens is 1. The average Bonchev–Trinajstić information content (AvgIpc) is 2.90. The molecule has 0 saturated heterocycles. The molecule has 7 nitrogen and oxygen atoms in total. The maximum Gasteiger partial charge on any atom is 0.335 e. The van der Waals surface area contributed by atoms with Crippen molar-refractivity contribution < 1.29 is 9.90 Å². The molecule has 0 aliphatic carbocycles. The number of aromatic carboxylic acids is 1. The van der Waals surface area contributed by atoms with E-state index in [1.807, 2.05) is 11.5 Å². The Bertz CT molecular complexity index is 862. The molecule has 0 unspecified atom stereocenters. The highest BCUT2D eigenvalue weighted by molar-refractivity contribution is 6.28. The Morgan fingerprint density at radius 2 is 2.23 bits per heavy atom. The van der Waals surface area contributed by atoms with Gasteiger partial charge in [0, 0.05) is 12.2 Å². The molecule has 0 bridgehead atoms. The number of carbonyl (C=O) groups is 1. The number of aryl methyl sites for hydroxylation is 1. The maximum absolute atomic E-state index is 11.0. The quantitative estimate of drug-likeness (QED) is 0.719. The summed E-state index contributed by atoms with van der Waals surface area (Å²) in [7, 11) is 0. The zero-order chi connectivity index (χ0) is 15.7. The van der Waals surface area contributed by atoms with Crippen molar-refractivity contribution in [3.8, 4) is 0 Å². The van der Waals surface area contributed by atoms with Crippen LogP contribution in [0.4, 0.5) is 11.5 Å².